The van der Waals surface area contributed by atoms with Crippen LogP contribution in [-0.4, -0.2) is 51.0 Å². The molecule has 116 valence electrons. The summed E-state index contributed by atoms with van der Waals surface area (Å²) in [7, 11) is 5.50. The minimum atomic E-state index is -0.623. The van der Waals surface area contributed by atoms with Crippen molar-refractivity contribution in [1.82, 2.24) is 15.5 Å². The molecule has 0 spiro atoms. The van der Waals surface area contributed by atoms with E-state index in [2.05, 4.69) is 10.6 Å². The molecule has 0 fully saturated rings. The Labute approximate surface area is 125 Å². The minimum absolute atomic E-state index is 0.293. The van der Waals surface area contributed by atoms with E-state index < -0.39 is 11.8 Å². The number of rotatable bonds is 7. The number of nitrogens with one attached hydrogen (secondary N) is 2. The van der Waals surface area contributed by atoms with E-state index in [-0.39, 0.29) is 0 Å². The van der Waals surface area contributed by atoms with E-state index in [4.69, 9.17) is 4.74 Å². The maximum Gasteiger partial charge on any atom is 0.309 e. The van der Waals surface area contributed by atoms with E-state index in [0.717, 1.165) is 24.3 Å². The molecule has 0 saturated carbocycles. The molecule has 0 heterocycles. The third-order valence-corrected chi connectivity index (χ3v) is 2.86. The molecule has 0 aliphatic heterocycles. The summed E-state index contributed by atoms with van der Waals surface area (Å²) in [6.07, 6.45) is 0.807. The number of carbonyl (C=O) groups is 2. The fourth-order valence-corrected chi connectivity index (χ4v) is 1.72. The smallest absolute Gasteiger partial charge is 0.309 e. The molecule has 0 atom stereocenters. The maximum absolute atomic E-state index is 11.6. The number of benzene rings is 1. The van der Waals surface area contributed by atoms with Crippen molar-refractivity contribution in [2.45, 2.75) is 13.0 Å². The zero-order valence-electron chi connectivity index (χ0n) is 12.8. The second-order valence-corrected chi connectivity index (χ2v) is 4.95. The van der Waals surface area contributed by atoms with Gasteiger partial charge in [-0.2, -0.15) is 0 Å². The standard InChI is InChI=1S/C15H23N3O3/c1-18(2)9-5-8-16-14(19)15(20)17-11-12-6-4-7-13(10-12)21-3/h4,6-7,10H,5,8-9,11H2,1-3H3,(H,16,19)(H,17,20). The van der Waals surface area contributed by atoms with Crippen LogP contribution >= 0.6 is 0 Å². The van der Waals surface area contributed by atoms with E-state index in [9.17, 15) is 9.59 Å². The summed E-state index contributed by atoms with van der Waals surface area (Å²) in [4.78, 5) is 25.2. The van der Waals surface area contributed by atoms with Crippen LogP contribution in [-0.2, 0) is 16.1 Å². The summed E-state index contributed by atoms with van der Waals surface area (Å²) in [6, 6.07) is 7.33. The number of ether oxygens (including phenoxy) is 1. The van der Waals surface area contributed by atoms with Gasteiger partial charge in [0.25, 0.3) is 0 Å². The fraction of sp³-hybridized carbons (Fsp3) is 0.467. The molecule has 21 heavy (non-hydrogen) atoms. The molecule has 0 aliphatic rings. The van der Waals surface area contributed by atoms with Gasteiger partial charge in [-0.05, 0) is 44.8 Å². The lowest BCUT2D eigenvalue weighted by atomic mass is 10.2. The molecule has 6 nitrogen and oxygen atoms in total. The monoisotopic (exact) mass is 293 g/mol. The summed E-state index contributed by atoms with van der Waals surface area (Å²) in [5.41, 5.74) is 0.878. The predicted molar refractivity (Wildman–Crippen MR) is 81.0 cm³/mol. The van der Waals surface area contributed by atoms with Crippen LogP contribution < -0.4 is 15.4 Å². The topological polar surface area (TPSA) is 70.7 Å². The van der Waals surface area contributed by atoms with Crippen LogP contribution in [0.15, 0.2) is 24.3 Å². The zero-order valence-corrected chi connectivity index (χ0v) is 12.8. The van der Waals surface area contributed by atoms with Gasteiger partial charge in [-0.15, -0.1) is 0 Å². The molecular weight excluding hydrogens is 270 g/mol. The highest BCUT2D eigenvalue weighted by atomic mass is 16.5. The minimum Gasteiger partial charge on any atom is -0.497 e. The highest BCUT2D eigenvalue weighted by Gasteiger charge is 2.12. The largest absolute Gasteiger partial charge is 0.497 e. The first-order chi connectivity index (χ1) is 10.0. The van der Waals surface area contributed by atoms with Gasteiger partial charge in [-0.3, -0.25) is 9.59 Å². The number of nitrogens with zero attached hydrogens (tertiary/aromatic N) is 1. The van der Waals surface area contributed by atoms with Crippen LogP contribution in [0.3, 0.4) is 0 Å². The molecule has 0 aromatic heterocycles. The number of methoxy groups -OCH3 is 1. The van der Waals surface area contributed by atoms with Crippen molar-refractivity contribution in [3.63, 3.8) is 0 Å². The molecule has 0 radical (unpaired) electrons. The van der Waals surface area contributed by atoms with Gasteiger partial charge >= 0.3 is 11.8 Å². The lowest BCUT2D eigenvalue weighted by molar-refractivity contribution is -0.139. The quantitative estimate of drug-likeness (QED) is 0.563. The second kappa shape index (κ2) is 8.97. The van der Waals surface area contributed by atoms with Crippen molar-refractivity contribution in [2.24, 2.45) is 0 Å². The van der Waals surface area contributed by atoms with E-state index in [0.29, 0.717) is 13.1 Å². The molecule has 0 aliphatic carbocycles. The van der Waals surface area contributed by atoms with Crippen LogP contribution in [0.2, 0.25) is 0 Å². The third-order valence-electron chi connectivity index (χ3n) is 2.86. The average molecular weight is 293 g/mol. The lowest BCUT2D eigenvalue weighted by Crippen LogP contribution is -2.40. The molecule has 2 amide bonds. The average Bonchev–Trinajstić information content (AvgIpc) is 2.48. The van der Waals surface area contributed by atoms with Crippen LogP contribution in [0.5, 0.6) is 5.75 Å². The molecule has 0 saturated heterocycles. The summed E-state index contributed by atoms with van der Waals surface area (Å²) in [5.74, 6) is -0.505. The first-order valence-corrected chi connectivity index (χ1v) is 6.86. The molecule has 0 unspecified atom stereocenters. The predicted octanol–water partition coefficient (Wildman–Crippen LogP) is 0.379. The molecule has 0 bridgehead atoms. The molecule has 2 N–H and O–H groups in total. The summed E-state index contributed by atoms with van der Waals surface area (Å²) in [5, 5.41) is 5.18. The SMILES string of the molecule is COc1cccc(CNC(=O)C(=O)NCCCN(C)C)c1. The molecule has 6 heteroatoms. The van der Waals surface area contributed by atoms with Crippen LogP contribution in [0.1, 0.15) is 12.0 Å². The Kier molecular flexibility index (Phi) is 7.25. The number of carbonyl (C=O) groups excluding carboxylic acids is 2. The second-order valence-electron chi connectivity index (χ2n) is 4.95. The zero-order chi connectivity index (χ0) is 15.7. The summed E-state index contributed by atoms with van der Waals surface area (Å²) in [6.45, 7) is 1.65. The van der Waals surface area contributed by atoms with Crippen molar-refractivity contribution >= 4 is 11.8 Å². The van der Waals surface area contributed by atoms with Crippen molar-refractivity contribution in [1.29, 1.82) is 0 Å². The van der Waals surface area contributed by atoms with E-state index in [1.165, 1.54) is 0 Å². The van der Waals surface area contributed by atoms with Crippen molar-refractivity contribution in [2.75, 3.05) is 34.3 Å². The Morgan fingerprint density at radius 2 is 1.90 bits per heavy atom. The summed E-state index contributed by atoms with van der Waals surface area (Å²) >= 11 is 0. The van der Waals surface area contributed by atoms with Gasteiger partial charge in [0.1, 0.15) is 5.75 Å². The molecular formula is C15H23N3O3. The van der Waals surface area contributed by atoms with Gasteiger partial charge in [0.2, 0.25) is 0 Å². The number of hydrogen-bond acceptors (Lipinski definition) is 4. The van der Waals surface area contributed by atoms with Crippen molar-refractivity contribution < 1.29 is 14.3 Å². The van der Waals surface area contributed by atoms with Crippen molar-refractivity contribution in [3.8, 4) is 5.75 Å². The lowest BCUT2D eigenvalue weighted by Gasteiger charge is -2.10. The van der Waals surface area contributed by atoms with Gasteiger partial charge in [0, 0.05) is 13.1 Å². The molecule has 1 aromatic rings. The van der Waals surface area contributed by atoms with Crippen LogP contribution in [0, 0.1) is 0 Å². The Bertz CT molecular complexity index is 475. The van der Waals surface area contributed by atoms with Crippen LogP contribution in [0.25, 0.3) is 0 Å². The fourth-order valence-electron chi connectivity index (χ4n) is 1.72. The van der Waals surface area contributed by atoms with Gasteiger partial charge in [0.15, 0.2) is 0 Å². The van der Waals surface area contributed by atoms with Gasteiger partial charge in [0.05, 0.1) is 7.11 Å². The van der Waals surface area contributed by atoms with Crippen molar-refractivity contribution in [3.05, 3.63) is 29.8 Å². The van der Waals surface area contributed by atoms with Crippen LogP contribution in [0.4, 0.5) is 0 Å². The maximum atomic E-state index is 11.6. The highest BCUT2D eigenvalue weighted by Crippen LogP contribution is 2.11. The first-order valence-electron chi connectivity index (χ1n) is 6.86. The Balaban J connectivity index is 2.30. The molecule has 1 aromatic carbocycles. The third kappa shape index (κ3) is 6.76. The normalized spacial score (nSPS) is 10.3. The van der Waals surface area contributed by atoms with Gasteiger partial charge in [-0.1, -0.05) is 12.1 Å². The van der Waals surface area contributed by atoms with E-state index >= 15 is 0 Å². The first kappa shape index (κ1) is 17.0. The van der Waals surface area contributed by atoms with Gasteiger partial charge < -0.3 is 20.3 Å². The Morgan fingerprint density at radius 1 is 1.19 bits per heavy atom. The number of hydrogen-bond donors (Lipinski definition) is 2. The highest BCUT2D eigenvalue weighted by molar-refractivity contribution is 6.35. The Hall–Kier alpha value is -2.08. The summed E-state index contributed by atoms with van der Waals surface area (Å²) < 4.78 is 5.10. The Morgan fingerprint density at radius 3 is 2.57 bits per heavy atom. The van der Waals surface area contributed by atoms with E-state index in [1.807, 2.05) is 43.3 Å². The van der Waals surface area contributed by atoms with Gasteiger partial charge in [-0.25, -0.2) is 0 Å². The van der Waals surface area contributed by atoms with E-state index in [1.54, 1.807) is 7.11 Å². The molecule has 1 rings (SSSR count). The number of amides is 2.